The van der Waals surface area contributed by atoms with Crippen LogP contribution in [0.3, 0.4) is 0 Å². The van der Waals surface area contributed by atoms with Gasteiger partial charge in [-0.25, -0.2) is 0 Å². The number of carbonyl (C=O) groups excluding carboxylic acids is 1. The smallest absolute Gasteiger partial charge is 0.151 e. The molecule has 2 rings (SSSR count). The van der Waals surface area contributed by atoms with Crippen LogP contribution in [0.15, 0.2) is 30.6 Å². The molecule has 2 heteroatoms. The summed E-state index contributed by atoms with van der Waals surface area (Å²) in [6, 6.07) is 6.18. The fourth-order valence-electron chi connectivity index (χ4n) is 2.29. The Balaban J connectivity index is 2.63. The maximum absolute atomic E-state index is 10.8. The van der Waals surface area contributed by atoms with Gasteiger partial charge in [-0.15, -0.1) is 0 Å². The normalized spacial score (nSPS) is 10.3. The number of aryl methyl sites for hydroxylation is 3. The summed E-state index contributed by atoms with van der Waals surface area (Å²) in [6.07, 6.45) is 4.21. The van der Waals surface area contributed by atoms with Gasteiger partial charge in [0.2, 0.25) is 0 Å². The van der Waals surface area contributed by atoms with E-state index in [1.807, 2.05) is 6.07 Å². The second-order valence-corrected chi connectivity index (χ2v) is 4.40. The number of rotatable bonds is 2. The fraction of sp³-hybridized carbons (Fsp3) is 0.200. The van der Waals surface area contributed by atoms with Crippen LogP contribution in [0.5, 0.6) is 0 Å². The largest absolute Gasteiger partial charge is 0.298 e. The van der Waals surface area contributed by atoms with Crippen LogP contribution in [0.4, 0.5) is 0 Å². The van der Waals surface area contributed by atoms with Crippen molar-refractivity contribution in [3.05, 3.63) is 52.8 Å². The highest BCUT2D eigenvalue weighted by Crippen LogP contribution is 2.28. The van der Waals surface area contributed by atoms with Gasteiger partial charge in [0.05, 0.1) is 0 Å². The Morgan fingerprint density at radius 1 is 1.00 bits per heavy atom. The third-order valence-corrected chi connectivity index (χ3v) is 2.86. The molecular weight excluding hydrogens is 210 g/mol. The molecule has 1 aromatic heterocycles. The Labute approximate surface area is 101 Å². The molecule has 0 fully saturated rings. The summed E-state index contributed by atoms with van der Waals surface area (Å²) in [5.74, 6) is 0. The second kappa shape index (κ2) is 4.50. The Morgan fingerprint density at radius 3 is 2.24 bits per heavy atom. The van der Waals surface area contributed by atoms with Gasteiger partial charge in [-0.3, -0.25) is 9.78 Å². The molecule has 0 aliphatic heterocycles. The topological polar surface area (TPSA) is 30.0 Å². The van der Waals surface area contributed by atoms with Gasteiger partial charge >= 0.3 is 0 Å². The maximum Gasteiger partial charge on any atom is 0.151 e. The van der Waals surface area contributed by atoms with E-state index in [0.29, 0.717) is 5.56 Å². The minimum absolute atomic E-state index is 0.613. The molecule has 2 aromatic rings. The van der Waals surface area contributed by atoms with Crippen molar-refractivity contribution in [3.8, 4) is 11.1 Å². The molecule has 0 radical (unpaired) electrons. The first-order valence-corrected chi connectivity index (χ1v) is 5.60. The summed E-state index contributed by atoms with van der Waals surface area (Å²) in [7, 11) is 0. The zero-order valence-corrected chi connectivity index (χ0v) is 10.3. The lowest BCUT2D eigenvalue weighted by molar-refractivity contribution is 0.112. The molecule has 2 nitrogen and oxygen atoms in total. The molecule has 17 heavy (non-hydrogen) atoms. The van der Waals surface area contributed by atoms with Crippen LogP contribution < -0.4 is 0 Å². The van der Waals surface area contributed by atoms with Crippen LogP contribution >= 0.6 is 0 Å². The van der Waals surface area contributed by atoms with E-state index in [-0.39, 0.29) is 0 Å². The molecule has 0 amide bonds. The minimum atomic E-state index is 0.613. The van der Waals surface area contributed by atoms with Gasteiger partial charge in [0.1, 0.15) is 0 Å². The molecular formula is C15H15NO. The van der Waals surface area contributed by atoms with Gasteiger partial charge in [0.25, 0.3) is 0 Å². The predicted molar refractivity (Wildman–Crippen MR) is 69.3 cm³/mol. The number of nitrogens with zero attached hydrogens (tertiary/aromatic N) is 1. The first-order chi connectivity index (χ1) is 8.11. The summed E-state index contributed by atoms with van der Waals surface area (Å²) in [5.41, 5.74) is 6.47. The maximum atomic E-state index is 10.8. The average molecular weight is 225 g/mol. The van der Waals surface area contributed by atoms with Crippen LogP contribution in [0.2, 0.25) is 0 Å². The van der Waals surface area contributed by atoms with Crippen LogP contribution in [-0.4, -0.2) is 11.3 Å². The van der Waals surface area contributed by atoms with Crippen LogP contribution in [0, 0.1) is 20.8 Å². The summed E-state index contributed by atoms with van der Waals surface area (Å²) in [4.78, 5) is 14.9. The van der Waals surface area contributed by atoms with Crippen LogP contribution in [0.1, 0.15) is 27.0 Å². The Morgan fingerprint density at radius 2 is 1.65 bits per heavy atom. The monoisotopic (exact) mass is 225 g/mol. The van der Waals surface area contributed by atoms with Crippen LogP contribution in [-0.2, 0) is 0 Å². The number of pyridine rings is 1. The number of carbonyl (C=O) groups is 1. The van der Waals surface area contributed by atoms with E-state index < -0.39 is 0 Å². The third kappa shape index (κ3) is 2.26. The van der Waals surface area contributed by atoms with Gasteiger partial charge < -0.3 is 0 Å². The molecule has 1 heterocycles. The summed E-state index contributed by atoms with van der Waals surface area (Å²) in [6.45, 7) is 6.26. The van der Waals surface area contributed by atoms with Crippen molar-refractivity contribution in [1.29, 1.82) is 0 Å². The number of aldehydes is 1. The van der Waals surface area contributed by atoms with Crippen molar-refractivity contribution in [1.82, 2.24) is 4.98 Å². The molecule has 86 valence electrons. The lowest BCUT2D eigenvalue weighted by Gasteiger charge is -2.11. The molecule has 1 aromatic carbocycles. The average Bonchev–Trinajstić information content (AvgIpc) is 2.28. The van der Waals surface area contributed by atoms with Crippen molar-refractivity contribution in [2.45, 2.75) is 20.8 Å². The molecule has 0 bridgehead atoms. The lowest BCUT2D eigenvalue weighted by atomic mass is 9.94. The molecule has 0 aliphatic rings. The van der Waals surface area contributed by atoms with Crippen molar-refractivity contribution in [2.24, 2.45) is 0 Å². The highest BCUT2D eigenvalue weighted by Gasteiger charge is 2.07. The summed E-state index contributed by atoms with van der Waals surface area (Å²) >= 11 is 0. The number of hydrogen-bond acceptors (Lipinski definition) is 2. The van der Waals surface area contributed by atoms with E-state index in [1.54, 1.807) is 12.4 Å². The van der Waals surface area contributed by atoms with E-state index in [0.717, 1.165) is 11.8 Å². The number of aromatic nitrogens is 1. The SMILES string of the molecule is Cc1cc(C)c(-c2cncc(C=O)c2)c(C)c1. The minimum Gasteiger partial charge on any atom is -0.298 e. The van der Waals surface area contributed by atoms with Gasteiger partial charge in [-0.05, 0) is 43.5 Å². The summed E-state index contributed by atoms with van der Waals surface area (Å²) < 4.78 is 0. The van der Waals surface area contributed by atoms with E-state index >= 15 is 0 Å². The van der Waals surface area contributed by atoms with E-state index in [9.17, 15) is 4.79 Å². The first-order valence-electron chi connectivity index (χ1n) is 5.60. The highest BCUT2D eigenvalue weighted by molar-refractivity contribution is 5.79. The molecule has 0 spiro atoms. The quantitative estimate of drug-likeness (QED) is 0.732. The predicted octanol–water partition coefficient (Wildman–Crippen LogP) is 3.49. The molecule has 0 saturated carbocycles. The Bertz CT molecular complexity index is 550. The fourth-order valence-corrected chi connectivity index (χ4v) is 2.29. The summed E-state index contributed by atoms with van der Waals surface area (Å²) in [5, 5.41) is 0. The van der Waals surface area contributed by atoms with E-state index in [2.05, 4.69) is 37.9 Å². The Hall–Kier alpha value is -1.96. The van der Waals surface area contributed by atoms with Gasteiger partial charge in [0.15, 0.2) is 6.29 Å². The van der Waals surface area contributed by atoms with Crippen molar-refractivity contribution in [2.75, 3.05) is 0 Å². The third-order valence-electron chi connectivity index (χ3n) is 2.86. The Kier molecular flexibility index (Phi) is 3.05. The second-order valence-electron chi connectivity index (χ2n) is 4.40. The molecule has 0 atom stereocenters. The molecule has 0 N–H and O–H groups in total. The molecule has 0 unspecified atom stereocenters. The zero-order valence-electron chi connectivity index (χ0n) is 10.3. The van der Waals surface area contributed by atoms with Crippen molar-refractivity contribution < 1.29 is 4.79 Å². The van der Waals surface area contributed by atoms with E-state index in [4.69, 9.17) is 0 Å². The van der Waals surface area contributed by atoms with Gasteiger partial charge in [-0.2, -0.15) is 0 Å². The lowest BCUT2D eigenvalue weighted by Crippen LogP contribution is -1.92. The first kappa shape index (κ1) is 11.5. The zero-order chi connectivity index (χ0) is 12.4. The highest BCUT2D eigenvalue weighted by atomic mass is 16.1. The molecule has 0 aliphatic carbocycles. The van der Waals surface area contributed by atoms with E-state index in [1.165, 1.54) is 22.3 Å². The number of hydrogen-bond donors (Lipinski definition) is 0. The van der Waals surface area contributed by atoms with Gasteiger partial charge in [0, 0.05) is 23.5 Å². The van der Waals surface area contributed by atoms with Crippen molar-refractivity contribution >= 4 is 6.29 Å². The van der Waals surface area contributed by atoms with Crippen molar-refractivity contribution in [3.63, 3.8) is 0 Å². The molecule has 0 saturated heterocycles. The standard InChI is InChI=1S/C15H15NO/c1-10-4-11(2)15(12(3)5-10)14-6-13(9-17)7-16-8-14/h4-9H,1-3H3. The van der Waals surface area contributed by atoms with Crippen LogP contribution in [0.25, 0.3) is 11.1 Å². The number of benzene rings is 1. The van der Waals surface area contributed by atoms with Gasteiger partial charge in [-0.1, -0.05) is 17.7 Å².